The second kappa shape index (κ2) is 4.35. The number of hydrogen-bond donors (Lipinski definition) is 0. The molecule has 2 rings (SSSR count). The normalized spacial score (nSPS) is 10.5. The maximum Gasteiger partial charge on any atom is 0.250 e. The molecule has 0 atom stereocenters. The first-order valence-electron chi connectivity index (χ1n) is 4.60. The SMILES string of the molecule is CCCc1nnc(-c2cnc(Cl)nc2)o1. The maximum absolute atomic E-state index is 5.57. The van der Waals surface area contributed by atoms with Crippen molar-refractivity contribution in [1.82, 2.24) is 20.2 Å². The first-order valence-corrected chi connectivity index (χ1v) is 4.97. The Hall–Kier alpha value is -1.49. The molecular weight excluding hydrogens is 216 g/mol. The van der Waals surface area contributed by atoms with E-state index in [2.05, 4.69) is 27.1 Å². The Bertz CT molecular complexity index is 440. The highest BCUT2D eigenvalue weighted by atomic mass is 35.5. The minimum Gasteiger partial charge on any atom is -0.421 e. The van der Waals surface area contributed by atoms with Gasteiger partial charge in [-0.25, -0.2) is 9.97 Å². The van der Waals surface area contributed by atoms with Crippen molar-refractivity contribution in [2.45, 2.75) is 19.8 Å². The van der Waals surface area contributed by atoms with Crippen LogP contribution in [-0.4, -0.2) is 20.2 Å². The van der Waals surface area contributed by atoms with Crippen LogP contribution in [0.5, 0.6) is 0 Å². The highest BCUT2D eigenvalue weighted by Gasteiger charge is 2.08. The molecule has 2 aromatic heterocycles. The van der Waals surface area contributed by atoms with E-state index in [4.69, 9.17) is 16.0 Å². The fourth-order valence-corrected chi connectivity index (χ4v) is 1.21. The Kier molecular flexibility index (Phi) is 2.91. The van der Waals surface area contributed by atoms with E-state index >= 15 is 0 Å². The molecule has 0 aliphatic rings. The largest absolute Gasteiger partial charge is 0.421 e. The van der Waals surface area contributed by atoms with Crippen molar-refractivity contribution in [3.05, 3.63) is 23.6 Å². The van der Waals surface area contributed by atoms with Crippen LogP contribution in [0.2, 0.25) is 5.28 Å². The van der Waals surface area contributed by atoms with E-state index in [0.717, 1.165) is 12.8 Å². The van der Waals surface area contributed by atoms with Gasteiger partial charge in [-0.1, -0.05) is 6.92 Å². The molecule has 0 aliphatic heterocycles. The van der Waals surface area contributed by atoms with E-state index in [-0.39, 0.29) is 5.28 Å². The van der Waals surface area contributed by atoms with Crippen molar-refractivity contribution in [3.63, 3.8) is 0 Å². The Labute approximate surface area is 91.5 Å². The molecule has 0 saturated carbocycles. The van der Waals surface area contributed by atoms with Crippen molar-refractivity contribution in [2.24, 2.45) is 0 Å². The Morgan fingerprint density at radius 2 is 2.00 bits per heavy atom. The number of rotatable bonds is 3. The molecule has 0 radical (unpaired) electrons. The summed E-state index contributed by atoms with van der Waals surface area (Å²) in [5.74, 6) is 1.05. The predicted octanol–water partition coefficient (Wildman–Crippen LogP) is 2.13. The molecule has 0 amide bonds. The standard InChI is InChI=1S/C9H9ClN4O/c1-2-3-7-13-14-8(15-7)6-4-11-9(10)12-5-6/h4-5H,2-3H2,1H3. The summed E-state index contributed by atoms with van der Waals surface area (Å²) in [5.41, 5.74) is 0.675. The van der Waals surface area contributed by atoms with Crippen LogP contribution in [0.4, 0.5) is 0 Å². The van der Waals surface area contributed by atoms with Crippen molar-refractivity contribution in [3.8, 4) is 11.5 Å². The Balaban J connectivity index is 2.25. The minimum absolute atomic E-state index is 0.201. The van der Waals surface area contributed by atoms with Crippen LogP contribution in [0, 0.1) is 0 Å². The lowest BCUT2D eigenvalue weighted by Gasteiger charge is -1.92. The van der Waals surface area contributed by atoms with Gasteiger partial charge in [0.1, 0.15) is 0 Å². The van der Waals surface area contributed by atoms with Crippen LogP contribution in [0.1, 0.15) is 19.2 Å². The van der Waals surface area contributed by atoms with Crippen LogP contribution >= 0.6 is 11.6 Å². The Morgan fingerprint density at radius 3 is 2.67 bits per heavy atom. The summed E-state index contributed by atoms with van der Waals surface area (Å²) in [4.78, 5) is 7.67. The monoisotopic (exact) mass is 224 g/mol. The Morgan fingerprint density at radius 1 is 1.27 bits per heavy atom. The summed E-state index contributed by atoms with van der Waals surface area (Å²) in [6.07, 6.45) is 4.86. The zero-order chi connectivity index (χ0) is 10.7. The van der Waals surface area contributed by atoms with Gasteiger partial charge in [0.05, 0.1) is 5.56 Å². The molecule has 0 bridgehead atoms. The molecule has 78 valence electrons. The van der Waals surface area contributed by atoms with E-state index in [1.807, 2.05) is 0 Å². The van der Waals surface area contributed by atoms with Crippen LogP contribution in [0.25, 0.3) is 11.5 Å². The summed E-state index contributed by atoms with van der Waals surface area (Å²) in [6.45, 7) is 2.05. The first kappa shape index (κ1) is 10.0. The van der Waals surface area contributed by atoms with Gasteiger partial charge >= 0.3 is 0 Å². The second-order valence-corrected chi connectivity index (χ2v) is 3.33. The van der Waals surface area contributed by atoms with Crippen LogP contribution in [-0.2, 0) is 6.42 Å². The van der Waals surface area contributed by atoms with Crippen LogP contribution in [0.15, 0.2) is 16.8 Å². The second-order valence-electron chi connectivity index (χ2n) is 2.99. The number of nitrogens with zero attached hydrogens (tertiary/aromatic N) is 4. The first-order chi connectivity index (χ1) is 7.29. The zero-order valence-electron chi connectivity index (χ0n) is 8.14. The minimum atomic E-state index is 0.201. The third-order valence-corrected chi connectivity index (χ3v) is 1.99. The molecule has 0 N–H and O–H groups in total. The lowest BCUT2D eigenvalue weighted by Crippen LogP contribution is -1.84. The van der Waals surface area contributed by atoms with E-state index in [0.29, 0.717) is 17.3 Å². The fraction of sp³-hybridized carbons (Fsp3) is 0.333. The average Bonchev–Trinajstić information content (AvgIpc) is 2.68. The van der Waals surface area contributed by atoms with Crippen LogP contribution < -0.4 is 0 Å². The van der Waals surface area contributed by atoms with E-state index in [1.54, 1.807) is 12.4 Å². The molecule has 2 heterocycles. The van der Waals surface area contributed by atoms with Gasteiger partial charge < -0.3 is 4.42 Å². The third kappa shape index (κ3) is 2.30. The van der Waals surface area contributed by atoms with Crippen molar-refractivity contribution >= 4 is 11.6 Å². The van der Waals surface area contributed by atoms with Gasteiger partial charge in [0.15, 0.2) is 0 Å². The van der Waals surface area contributed by atoms with Gasteiger partial charge in [0.2, 0.25) is 11.2 Å². The topological polar surface area (TPSA) is 64.7 Å². The van der Waals surface area contributed by atoms with Gasteiger partial charge in [0.25, 0.3) is 5.89 Å². The number of aromatic nitrogens is 4. The van der Waals surface area contributed by atoms with Crippen molar-refractivity contribution < 1.29 is 4.42 Å². The summed E-state index contributed by atoms with van der Waals surface area (Å²) in [7, 11) is 0. The maximum atomic E-state index is 5.57. The molecule has 0 unspecified atom stereocenters. The molecule has 0 spiro atoms. The van der Waals surface area contributed by atoms with E-state index in [1.165, 1.54) is 0 Å². The number of hydrogen-bond acceptors (Lipinski definition) is 5. The zero-order valence-corrected chi connectivity index (χ0v) is 8.90. The average molecular weight is 225 g/mol. The summed E-state index contributed by atoms with van der Waals surface area (Å²) >= 11 is 5.57. The number of halogens is 1. The molecule has 0 fully saturated rings. The van der Waals surface area contributed by atoms with Gasteiger partial charge in [-0.15, -0.1) is 10.2 Å². The highest BCUT2D eigenvalue weighted by molar-refractivity contribution is 6.28. The van der Waals surface area contributed by atoms with Crippen LogP contribution in [0.3, 0.4) is 0 Å². The van der Waals surface area contributed by atoms with Crippen molar-refractivity contribution in [2.75, 3.05) is 0 Å². The van der Waals surface area contributed by atoms with Crippen molar-refractivity contribution in [1.29, 1.82) is 0 Å². The molecule has 2 aromatic rings. The van der Waals surface area contributed by atoms with E-state index < -0.39 is 0 Å². The molecule has 5 nitrogen and oxygen atoms in total. The third-order valence-electron chi connectivity index (χ3n) is 1.80. The van der Waals surface area contributed by atoms with E-state index in [9.17, 15) is 0 Å². The summed E-state index contributed by atoms with van der Waals surface area (Å²) in [6, 6.07) is 0. The van der Waals surface area contributed by atoms with Gasteiger partial charge in [0, 0.05) is 18.8 Å². The molecular formula is C9H9ClN4O. The van der Waals surface area contributed by atoms with Gasteiger partial charge in [-0.3, -0.25) is 0 Å². The van der Waals surface area contributed by atoms with Gasteiger partial charge in [-0.05, 0) is 18.0 Å². The quantitative estimate of drug-likeness (QED) is 0.748. The van der Waals surface area contributed by atoms with Gasteiger partial charge in [-0.2, -0.15) is 0 Å². The molecule has 15 heavy (non-hydrogen) atoms. The smallest absolute Gasteiger partial charge is 0.250 e. The molecule has 6 heteroatoms. The lowest BCUT2D eigenvalue weighted by molar-refractivity contribution is 0.502. The molecule has 0 aromatic carbocycles. The molecule has 0 aliphatic carbocycles. The summed E-state index contributed by atoms with van der Waals surface area (Å²) < 4.78 is 5.40. The lowest BCUT2D eigenvalue weighted by atomic mass is 10.3. The highest BCUT2D eigenvalue weighted by Crippen LogP contribution is 2.16. The summed E-state index contributed by atoms with van der Waals surface area (Å²) in [5, 5.41) is 8.00. The number of aryl methyl sites for hydroxylation is 1. The molecule has 0 saturated heterocycles. The predicted molar refractivity (Wildman–Crippen MR) is 54.3 cm³/mol. The fourth-order valence-electron chi connectivity index (χ4n) is 1.11.